The van der Waals surface area contributed by atoms with Gasteiger partial charge in [-0.05, 0) is 19.3 Å². The molecule has 0 aromatic rings. The van der Waals surface area contributed by atoms with E-state index in [-0.39, 0.29) is 28.5 Å². The van der Waals surface area contributed by atoms with Gasteiger partial charge in [-0.25, -0.2) is 0 Å². The van der Waals surface area contributed by atoms with Crippen LogP contribution in [0.3, 0.4) is 0 Å². The van der Waals surface area contributed by atoms with Crippen molar-refractivity contribution in [2.45, 2.75) is 45.3 Å². The molecule has 2 fully saturated rings. The third-order valence-electron chi connectivity index (χ3n) is 5.02. The molecule has 6 heteroatoms. The fourth-order valence-corrected chi connectivity index (χ4v) is 3.43. The minimum absolute atomic E-state index is 0.0547. The van der Waals surface area contributed by atoms with Crippen LogP contribution in [0.4, 0.5) is 0 Å². The Hall–Kier alpha value is -0.720. The predicted molar refractivity (Wildman–Crippen MR) is 80.4 cm³/mol. The van der Waals surface area contributed by atoms with Crippen LogP contribution < -0.4 is 11.1 Å². The fraction of sp³-hybridized carbons (Fsp3) is 0.857. The molecule has 0 aromatic heterocycles. The molecular weight excluding hydrogens is 276 g/mol. The topological polar surface area (TPSA) is 73.6 Å². The summed E-state index contributed by atoms with van der Waals surface area (Å²) in [6, 6.07) is 0.106. The van der Waals surface area contributed by atoms with Gasteiger partial charge in [-0.2, -0.15) is 0 Å². The van der Waals surface area contributed by atoms with E-state index in [0.717, 1.165) is 6.42 Å². The molecular formula is C14H24N2O3S. The van der Waals surface area contributed by atoms with Crippen molar-refractivity contribution in [1.29, 1.82) is 0 Å². The van der Waals surface area contributed by atoms with E-state index >= 15 is 0 Å². The van der Waals surface area contributed by atoms with E-state index in [2.05, 4.69) is 19.2 Å². The summed E-state index contributed by atoms with van der Waals surface area (Å²) in [5.74, 6) is -0.0547. The van der Waals surface area contributed by atoms with Gasteiger partial charge in [0.25, 0.3) is 0 Å². The van der Waals surface area contributed by atoms with Crippen LogP contribution in [-0.2, 0) is 14.3 Å². The molecule has 20 heavy (non-hydrogen) atoms. The summed E-state index contributed by atoms with van der Waals surface area (Å²) in [6.45, 7) is 5.26. The molecule has 1 saturated carbocycles. The van der Waals surface area contributed by atoms with Crippen LogP contribution in [0.25, 0.3) is 0 Å². The van der Waals surface area contributed by atoms with Crippen LogP contribution in [0, 0.1) is 10.8 Å². The Morgan fingerprint density at radius 2 is 2.00 bits per heavy atom. The van der Waals surface area contributed by atoms with Crippen LogP contribution in [0.5, 0.6) is 0 Å². The van der Waals surface area contributed by atoms with E-state index in [1.54, 1.807) is 7.11 Å². The second-order valence-corrected chi connectivity index (χ2v) is 6.81. The first-order valence-corrected chi connectivity index (χ1v) is 7.47. The maximum atomic E-state index is 12.7. The smallest absolute Gasteiger partial charge is 0.233 e. The molecule has 2 atom stereocenters. The molecule has 1 aliphatic carbocycles. The highest BCUT2D eigenvalue weighted by Gasteiger charge is 2.52. The van der Waals surface area contributed by atoms with Crippen molar-refractivity contribution in [1.82, 2.24) is 5.32 Å². The van der Waals surface area contributed by atoms with E-state index in [9.17, 15) is 4.79 Å². The molecule has 1 amide bonds. The first kappa shape index (κ1) is 15.7. The summed E-state index contributed by atoms with van der Waals surface area (Å²) in [7, 11) is 1.71. The molecule has 1 heterocycles. The molecule has 0 radical (unpaired) electrons. The molecule has 2 aliphatic rings. The number of hydrogen-bond acceptors (Lipinski definition) is 4. The predicted octanol–water partition coefficient (Wildman–Crippen LogP) is 0.999. The number of methoxy groups -OCH3 is 1. The van der Waals surface area contributed by atoms with Crippen molar-refractivity contribution in [3.05, 3.63) is 0 Å². The molecule has 0 spiro atoms. The Kier molecular flexibility index (Phi) is 4.37. The zero-order valence-electron chi connectivity index (χ0n) is 12.4. The number of nitrogens with one attached hydrogen (secondary N) is 1. The zero-order chi connectivity index (χ0) is 15.0. The maximum Gasteiger partial charge on any atom is 0.233 e. The summed E-state index contributed by atoms with van der Waals surface area (Å²) >= 11 is 5.15. The van der Waals surface area contributed by atoms with Gasteiger partial charge in [0, 0.05) is 31.8 Å². The van der Waals surface area contributed by atoms with Gasteiger partial charge >= 0.3 is 0 Å². The average molecular weight is 300 g/mol. The number of thiocarbonyl (C=S) groups is 1. The number of hydrogen-bond donors (Lipinski definition) is 2. The highest BCUT2D eigenvalue weighted by Crippen LogP contribution is 2.43. The molecule has 2 unspecified atom stereocenters. The molecule has 5 nitrogen and oxygen atoms in total. The van der Waals surface area contributed by atoms with E-state index in [1.807, 2.05) is 0 Å². The van der Waals surface area contributed by atoms with Gasteiger partial charge < -0.3 is 20.5 Å². The largest absolute Gasteiger partial charge is 0.392 e. The number of rotatable bonds is 4. The van der Waals surface area contributed by atoms with Crippen molar-refractivity contribution in [2.24, 2.45) is 16.6 Å². The van der Waals surface area contributed by atoms with E-state index in [0.29, 0.717) is 26.1 Å². The Balaban J connectivity index is 2.05. The fourth-order valence-electron chi connectivity index (χ4n) is 3.13. The monoisotopic (exact) mass is 300 g/mol. The first-order valence-electron chi connectivity index (χ1n) is 7.06. The quantitative estimate of drug-likeness (QED) is 0.758. The zero-order valence-corrected chi connectivity index (χ0v) is 13.2. The standard InChI is InChI=1S/C14H24N2O3S/c1-13(2)9(8-10(13)18-3)16-12(17)14(11(15)20)4-6-19-7-5-14/h9-10H,4-8H2,1-3H3,(H2,15,20)(H,16,17). The number of carbonyl (C=O) groups excluding carboxylic acids is 1. The Morgan fingerprint density at radius 1 is 1.40 bits per heavy atom. The van der Waals surface area contributed by atoms with Crippen LogP contribution in [0.15, 0.2) is 0 Å². The molecule has 1 aliphatic heterocycles. The van der Waals surface area contributed by atoms with Crippen LogP contribution >= 0.6 is 12.2 Å². The van der Waals surface area contributed by atoms with Gasteiger partial charge in [0.05, 0.1) is 11.1 Å². The third-order valence-corrected chi connectivity index (χ3v) is 5.41. The summed E-state index contributed by atoms with van der Waals surface area (Å²) in [6.07, 6.45) is 2.15. The summed E-state index contributed by atoms with van der Waals surface area (Å²) < 4.78 is 10.7. The van der Waals surface area contributed by atoms with Crippen LogP contribution in [0.2, 0.25) is 0 Å². The minimum Gasteiger partial charge on any atom is -0.392 e. The number of ether oxygens (including phenoxy) is 2. The van der Waals surface area contributed by atoms with E-state index < -0.39 is 5.41 Å². The normalized spacial score (nSPS) is 31.1. The van der Waals surface area contributed by atoms with Crippen molar-refractivity contribution >= 4 is 23.1 Å². The summed E-state index contributed by atoms with van der Waals surface area (Å²) in [4.78, 5) is 12.9. The molecule has 3 N–H and O–H groups in total. The van der Waals surface area contributed by atoms with E-state index in [4.69, 9.17) is 27.4 Å². The van der Waals surface area contributed by atoms with Gasteiger partial charge in [0.15, 0.2) is 0 Å². The SMILES string of the molecule is COC1CC(NC(=O)C2(C(N)=S)CCOCC2)C1(C)C. The molecule has 0 bridgehead atoms. The lowest BCUT2D eigenvalue weighted by Crippen LogP contribution is -2.65. The second-order valence-electron chi connectivity index (χ2n) is 6.37. The van der Waals surface area contributed by atoms with Gasteiger partial charge in [0.2, 0.25) is 5.91 Å². The van der Waals surface area contributed by atoms with Crippen LogP contribution in [-0.4, -0.2) is 43.4 Å². The average Bonchev–Trinajstić information content (AvgIpc) is 2.43. The Morgan fingerprint density at radius 3 is 2.45 bits per heavy atom. The molecule has 1 saturated heterocycles. The second kappa shape index (κ2) is 5.58. The highest BCUT2D eigenvalue weighted by molar-refractivity contribution is 7.80. The molecule has 114 valence electrons. The number of nitrogens with two attached hydrogens (primary N) is 1. The number of amides is 1. The van der Waals surface area contributed by atoms with Gasteiger partial charge in [0.1, 0.15) is 5.41 Å². The van der Waals surface area contributed by atoms with Crippen molar-refractivity contribution in [3.8, 4) is 0 Å². The lowest BCUT2D eigenvalue weighted by atomic mass is 9.64. The summed E-state index contributed by atoms with van der Waals surface area (Å²) in [5, 5.41) is 3.12. The van der Waals surface area contributed by atoms with E-state index in [1.165, 1.54) is 0 Å². The highest BCUT2D eigenvalue weighted by atomic mass is 32.1. The number of carbonyl (C=O) groups is 1. The van der Waals surface area contributed by atoms with Gasteiger partial charge in [-0.1, -0.05) is 26.1 Å². The lowest BCUT2D eigenvalue weighted by Gasteiger charge is -2.52. The molecule has 0 aromatic carbocycles. The van der Waals surface area contributed by atoms with Gasteiger partial charge in [-0.15, -0.1) is 0 Å². The Labute approximate surface area is 125 Å². The van der Waals surface area contributed by atoms with Crippen molar-refractivity contribution in [3.63, 3.8) is 0 Å². The van der Waals surface area contributed by atoms with Crippen molar-refractivity contribution < 1.29 is 14.3 Å². The maximum absolute atomic E-state index is 12.7. The Bertz CT molecular complexity index is 405. The summed E-state index contributed by atoms with van der Waals surface area (Å²) in [5.41, 5.74) is 5.04. The molecule has 2 rings (SSSR count). The van der Waals surface area contributed by atoms with Crippen LogP contribution in [0.1, 0.15) is 33.1 Å². The van der Waals surface area contributed by atoms with Gasteiger partial charge in [-0.3, -0.25) is 4.79 Å². The first-order chi connectivity index (χ1) is 9.34. The third kappa shape index (κ3) is 2.44. The lowest BCUT2D eigenvalue weighted by molar-refractivity contribution is -0.141. The van der Waals surface area contributed by atoms with Crippen molar-refractivity contribution in [2.75, 3.05) is 20.3 Å². The minimum atomic E-state index is -0.748.